The van der Waals surface area contributed by atoms with Crippen LogP contribution in [-0.4, -0.2) is 4.98 Å². The molecule has 5 heteroatoms. The fourth-order valence-electron chi connectivity index (χ4n) is 1.55. The molecule has 0 unspecified atom stereocenters. The number of hydrogen-bond donors (Lipinski definition) is 1. The molecule has 18 heavy (non-hydrogen) atoms. The van der Waals surface area contributed by atoms with E-state index in [0.29, 0.717) is 17.4 Å². The quantitative estimate of drug-likeness (QED) is 0.801. The van der Waals surface area contributed by atoms with Gasteiger partial charge in [-0.05, 0) is 33.1 Å². The van der Waals surface area contributed by atoms with E-state index in [1.807, 2.05) is 24.3 Å². The number of nitrogens with zero attached hydrogens (tertiary/aromatic N) is 1. The minimum absolute atomic E-state index is 0.525. The van der Waals surface area contributed by atoms with Crippen molar-refractivity contribution >= 4 is 44.9 Å². The second-order valence-corrected chi connectivity index (χ2v) is 5.35. The third-order valence-corrected chi connectivity index (χ3v) is 3.53. The highest BCUT2D eigenvalue weighted by Crippen LogP contribution is 2.23. The Balaban J connectivity index is 2.06. The Morgan fingerprint density at radius 2 is 2.00 bits per heavy atom. The zero-order chi connectivity index (χ0) is 13.0. The molecule has 1 heterocycles. The molecule has 1 aromatic carbocycles. The summed E-state index contributed by atoms with van der Waals surface area (Å²) in [5.74, 6) is 1.30. The van der Waals surface area contributed by atoms with Gasteiger partial charge in [-0.2, -0.15) is 0 Å². The standard InChI is InChI=1S/C13H11BrCl2N2/c14-12-5-11(16)8-18-13(12)17-7-10-3-1-2-9(4-10)6-15/h1-5,8H,6-7H2,(H,17,18). The number of nitrogens with one attached hydrogen (secondary N) is 1. The molecule has 2 rings (SSSR count). The first kappa shape index (κ1) is 13.7. The lowest BCUT2D eigenvalue weighted by Crippen LogP contribution is -2.02. The van der Waals surface area contributed by atoms with Crippen molar-refractivity contribution < 1.29 is 0 Å². The first-order valence-electron chi connectivity index (χ1n) is 5.38. The Labute approximate surface area is 124 Å². The summed E-state index contributed by atoms with van der Waals surface area (Å²) in [5.41, 5.74) is 2.27. The molecule has 1 aromatic heterocycles. The van der Waals surface area contributed by atoms with E-state index in [4.69, 9.17) is 23.2 Å². The van der Waals surface area contributed by atoms with Crippen LogP contribution in [-0.2, 0) is 12.4 Å². The van der Waals surface area contributed by atoms with E-state index >= 15 is 0 Å². The van der Waals surface area contributed by atoms with Crippen LogP contribution in [0.2, 0.25) is 5.02 Å². The van der Waals surface area contributed by atoms with Crippen LogP contribution in [0.3, 0.4) is 0 Å². The van der Waals surface area contributed by atoms with Gasteiger partial charge in [0.05, 0.1) is 9.50 Å². The zero-order valence-corrected chi connectivity index (χ0v) is 12.6. The molecule has 0 atom stereocenters. The molecule has 2 aromatic rings. The van der Waals surface area contributed by atoms with Gasteiger partial charge in [0.25, 0.3) is 0 Å². The van der Waals surface area contributed by atoms with Gasteiger partial charge in [-0.1, -0.05) is 35.9 Å². The molecule has 0 amide bonds. The van der Waals surface area contributed by atoms with Crippen LogP contribution >= 0.6 is 39.1 Å². The molecule has 94 valence electrons. The molecule has 2 nitrogen and oxygen atoms in total. The second kappa shape index (κ2) is 6.41. The second-order valence-electron chi connectivity index (χ2n) is 3.79. The van der Waals surface area contributed by atoms with Gasteiger partial charge >= 0.3 is 0 Å². The monoisotopic (exact) mass is 344 g/mol. The van der Waals surface area contributed by atoms with Gasteiger partial charge in [0.15, 0.2) is 0 Å². The van der Waals surface area contributed by atoms with Crippen molar-refractivity contribution in [3.8, 4) is 0 Å². The Bertz CT molecular complexity index is 546. The summed E-state index contributed by atoms with van der Waals surface area (Å²) in [6.07, 6.45) is 1.61. The lowest BCUT2D eigenvalue weighted by atomic mass is 10.1. The summed E-state index contributed by atoms with van der Waals surface area (Å²) in [6, 6.07) is 9.94. The summed E-state index contributed by atoms with van der Waals surface area (Å²) in [7, 11) is 0. The van der Waals surface area contributed by atoms with E-state index in [2.05, 4.69) is 32.3 Å². The fraction of sp³-hybridized carbons (Fsp3) is 0.154. The summed E-state index contributed by atoms with van der Waals surface area (Å²) >= 11 is 15.1. The third kappa shape index (κ3) is 3.61. The van der Waals surface area contributed by atoms with Crippen molar-refractivity contribution in [2.75, 3.05) is 5.32 Å². The molecule has 0 bridgehead atoms. The van der Waals surface area contributed by atoms with E-state index < -0.39 is 0 Å². The molecular weight excluding hydrogens is 335 g/mol. The minimum atomic E-state index is 0.525. The van der Waals surface area contributed by atoms with Crippen molar-refractivity contribution in [2.45, 2.75) is 12.4 Å². The van der Waals surface area contributed by atoms with E-state index in [-0.39, 0.29) is 0 Å². The number of aromatic nitrogens is 1. The van der Waals surface area contributed by atoms with Gasteiger partial charge < -0.3 is 5.32 Å². The lowest BCUT2D eigenvalue weighted by Gasteiger charge is -2.08. The summed E-state index contributed by atoms with van der Waals surface area (Å²) < 4.78 is 0.850. The number of benzene rings is 1. The third-order valence-electron chi connectivity index (χ3n) is 2.41. The van der Waals surface area contributed by atoms with E-state index in [1.165, 1.54) is 0 Å². The molecule has 0 fully saturated rings. The molecule has 0 saturated heterocycles. The predicted octanol–water partition coefficient (Wildman–Crippen LogP) is 4.85. The molecular formula is C13H11BrCl2N2. The maximum Gasteiger partial charge on any atom is 0.140 e. The normalized spacial score (nSPS) is 10.4. The smallest absolute Gasteiger partial charge is 0.140 e. The van der Waals surface area contributed by atoms with Gasteiger partial charge in [0, 0.05) is 18.6 Å². The number of pyridine rings is 1. The van der Waals surface area contributed by atoms with Crippen molar-refractivity contribution in [2.24, 2.45) is 0 Å². The summed E-state index contributed by atoms with van der Waals surface area (Å²) in [4.78, 5) is 4.22. The van der Waals surface area contributed by atoms with Crippen molar-refractivity contribution in [3.05, 3.63) is 57.2 Å². The molecule has 0 aliphatic heterocycles. The van der Waals surface area contributed by atoms with E-state index in [0.717, 1.165) is 21.4 Å². The van der Waals surface area contributed by atoms with E-state index in [1.54, 1.807) is 6.20 Å². The highest BCUT2D eigenvalue weighted by molar-refractivity contribution is 9.10. The maximum atomic E-state index is 5.84. The maximum absolute atomic E-state index is 5.84. The highest BCUT2D eigenvalue weighted by Gasteiger charge is 2.02. The highest BCUT2D eigenvalue weighted by atomic mass is 79.9. The number of rotatable bonds is 4. The average Bonchev–Trinajstić information content (AvgIpc) is 2.38. The Hall–Kier alpha value is -0.770. The molecule has 0 spiro atoms. The largest absolute Gasteiger partial charge is 0.365 e. The van der Waals surface area contributed by atoms with Gasteiger partial charge in [0.1, 0.15) is 5.82 Å². The summed E-state index contributed by atoms with van der Waals surface area (Å²) in [5, 5.41) is 3.86. The van der Waals surface area contributed by atoms with Crippen molar-refractivity contribution in [1.82, 2.24) is 4.98 Å². The predicted molar refractivity (Wildman–Crippen MR) is 80.3 cm³/mol. The van der Waals surface area contributed by atoms with Crippen LogP contribution in [0.5, 0.6) is 0 Å². The number of halogens is 3. The van der Waals surface area contributed by atoms with Gasteiger partial charge in [-0.3, -0.25) is 0 Å². The van der Waals surface area contributed by atoms with Crippen molar-refractivity contribution in [1.29, 1.82) is 0 Å². The summed E-state index contributed by atoms with van der Waals surface area (Å²) in [6.45, 7) is 0.692. The molecule has 0 saturated carbocycles. The Kier molecular flexibility index (Phi) is 4.87. The first-order chi connectivity index (χ1) is 8.69. The number of alkyl halides is 1. The Morgan fingerprint density at radius 3 is 2.72 bits per heavy atom. The lowest BCUT2D eigenvalue weighted by molar-refractivity contribution is 1.10. The number of hydrogen-bond acceptors (Lipinski definition) is 2. The van der Waals surface area contributed by atoms with Crippen LogP contribution in [0, 0.1) is 0 Å². The minimum Gasteiger partial charge on any atom is -0.365 e. The number of anilines is 1. The first-order valence-corrected chi connectivity index (χ1v) is 7.08. The Morgan fingerprint density at radius 1 is 1.22 bits per heavy atom. The van der Waals surface area contributed by atoms with Gasteiger partial charge in [0.2, 0.25) is 0 Å². The van der Waals surface area contributed by atoms with Gasteiger partial charge in [-0.15, -0.1) is 11.6 Å². The SMILES string of the molecule is ClCc1cccc(CNc2ncc(Cl)cc2Br)c1. The van der Waals surface area contributed by atoms with Crippen LogP contribution < -0.4 is 5.32 Å². The van der Waals surface area contributed by atoms with Crippen LogP contribution in [0.1, 0.15) is 11.1 Å². The topological polar surface area (TPSA) is 24.9 Å². The van der Waals surface area contributed by atoms with Gasteiger partial charge in [-0.25, -0.2) is 4.98 Å². The zero-order valence-electron chi connectivity index (χ0n) is 9.46. The molecule has 1 N–H and O–H groups in total. The fourth-order valence-corrected chi connectivity index (χ4v) is 2.50. The van der Waals surface area contributed by atoms with Crippen LogP contribution in [0.25, 0.3) is 0 Å². The average molecular weight is 346 g/mol. The van der Waals surface area contributed by atoms with E-state index in [9.17, 15) is 0 Å². The van der Waals surface area contributed by atoms with Crippen molar-refractivity contribution in [3.63, 3.8) is 0 Å². The van der Waals surface area contributed by atoms with Crippen LogP contribution in [0.15, 0.2) is 41.0 Å². The molecule has 0 aliphatic carbocycles. The molecule has 0 radical (unpaired) electrons. The van der Waals surface area contributed by atoms with Crippen LogP contribution in [0.4, 0.5) is 5.82 Å². The molecule has 0 aliphatic rings.